The maximum atomic E-state index is 11.7. The topological polar surface area (TPSA) is 98.0 Å². The number of nitrogen functional groups attached to an aromatic ring is 1. The second kappa shape index (κ2) is 4.45. The molecule has 9 heteroatoms. The van der Waals surface area contributed by atoms with Gasteiger partial charge in [-0.25, -0.2) is 13.1 Å². The van der Waals surface area contributed by atoms with Gasteiger partial charge in [-0.1, -0.05) is 17.4 Å². The third-order valence-electron chi connectivity index (χ3n) is 1.67. The number of nitrogens with zero attached hydrogens (tertiary/aromatic N) is 2. The lowest BCUT2D eigenvalue weighted by Crippen LogP contribution is -2.22. The maximum Gasteiger partial charge on any atom is 0.270 e. The molecule has 2 aromatic rings. The molecule has 0 saturated carbocycles. The van der Waals surface area contributed by atoms with Gasteiger partial charge in [0.25, 0.3) is 10.0 Å². The summed E-state index contributed by atoms with van der Waals surface area (Å²) in [5, 5.41) is 8.96. The van der Waals surface area contributed by atoms with Crippen molar-refractivity contribution in [3.05, 3.63) is 22.4 Å². The molecular weight excluding hydrogens is 268 g/mol. The van der Waals surface area contributed by atoms with Crippen LogP contribution in [0.15, 0.2) is 21.9 Å². The molecule has 6 nitrogen and oxygen atoms in total. The van der Waals surface area contributed by atoms with Crippen molar-refractivity contribution in [2.75, 3.05) is 5.73 Å². The third-order valence-corrected chi connectivity index (χ3v) is 5.07. The summed E-state index contributed by atoms with van der Waals surface area (Å²) in [5.41, 5.74) is 5.32. The molecule has 16 heavy (non-hydrogen) atoms. The minimum atomic E-state index is -3.59. The molecule has 0 saturated heterocycles. The Bertz CT molecular complexity index is 560. The first-order chi connectivity index (χ1) is 7.58. The smallest absolute Gasteiger partial charge is 0.270 e. The van der Waals surface area contributed by atoms with Gasteiger partial charge in [-0.15, -0.1) is 21.5 Å². The Morgan fingerprint density at radius 2 is 2.25 bits per heavy atom. The van der Waals surface area contributed by atoms with E-state index in [1.807, 2.05) is 17.5 Å². The zero-order valence-electron chi connectivity index (χ0n) is 7.95. The fourth-order valence-electron chi connectivity index (χ4n) is 0.970. The summed E-state index contributed by atoms with van der Waals surface area (Å²) in [6.45, 7) is 0.249. The number of thiophene rings is 1. The largest absolute Gasteiger partial charge is 0.374 e. The van der Waals surface area contributed by atoms with Crippen LogP contribution in [0.2, 0.25) is 0 Å². The fourth-order valence-corrected chi connectivity index (χ4v) is 3.54. The van der Waals surface area contributed by atoms with Crippen molar-refractivity contribution in [2.45, 2.75) is 10.9 Å². The number of sulfonamides is 1. The molecule has 2 heterocycles. The summed E-state index contributed by atoms with van der Waals surface area (Å²) in [6.07, 6.45) is 0. The molecule has 0 aliphatic carbocycles. The molecule has 0 spiro atoms. The Kier molecular flexibility index (Phi) is 3.19. The number of nitrogens with one attached hydrogen (secondary N) is 1. The average molecular weight is 276 g/mol. The van der Waals surface area contributed by atoms with Crippen LogP contribution < -0.4 is 10.5 Å². The molecule has 0 aliphatic rings. The summed E-state index contributed by atoms with van der Waals surface area (Å²) in [5.74, 6) is 0. The molecule has 2 aromatic heterocycles. The van der Waals surface area contributed by atoms with E-state index >= 15 is 0 Å². The van der Waals surface area contributed by atoms with Gasteiger partial charge in [0.15, 0.2) is 0 Å². The molecule has 0 bridgehead atoms. The molecule has 0 amide bonds. The lowest BCUT2D eigenvalue weighted by molar-refractivity contribution is 0.580. The van der Waals surface area contributed by atoms with Gasteiger partial charge in [0, 0.05) is 11.4 Å². The number of aromatic nitrogens is 2. The van der Waals surface area contributed by atoms with E-state index in [-0.39, 0.29) is 16.0 Å². The summed E-state index contributed by atoms with van der Waals surface area (Å²) >= 11 is 2.32. The highest BCUT2D eigenvalue weighted by molar-refractivity contribution is 7.91. The van der Waals surface area contributed by atoms with Crippen molar-refractivity contribution in [3.63, 3.8) is 0 Å². The molecule has 0 radical (unpaired) electrons. The van der Waals surface area contributed by atoms with E-state index in [0.717, 1.165) is 16.2 Å². The van der Waals surface area contributed by atoms with Gasteiger partial charge in [0.05, 0.1) is 0 Å². The normalized spacial score (nSPS) is 11.8. The van der Waals surface area contributed by atoms with Crippen LogP contribution in [-0.4, -0.2) is 18.6 Å². The summed E-state index contributed by atoms with van der Waals surface area (Å²) in [6, 6.07) is 3.71. The van der Waals surface area contributed by atoms with Gasteiger partial charge in [0.1, 0.15) is 0 Å². The second-order valence-corrected chi connectivity index (χ2v) is 6.79. The van der Waals surface area contributed by atoms with Crippen LogP contribution in [0.4, 0.5) is 5.13 Å². The Labute approximate surface area is 100 Å². The zero-order chi connectivity index (χ0) is 11.6. The highest BCUT2D eigenvalue weighted by Crippen LogP contribution is 2.17. The van der Waals surface area contributed by atoms with Crippen LogP contribution in [0.3, 0.4) is 0 Å². The molecule has 3 N–H and O–H groups in total. The van der Waals surface area contributed by atoms with E-state index in [2.05, 4.69) is 14.9 Å². The lowest BCUT2D eigenvalue weighted by atomic mass is 10.5. The molecule has 0 aromatic carbocycles. The predicted molar refractivity (Wildman–Crippen MR) is 62.7 cm³/mol. The summed E-state index contributed by atoms with van der Waals surface area (Å²) < 4.78 is 25.7. The quantitative estimate of drug-likeness (QED) is 0.855. The highest BCUT2D eigenvalue weighted by Gasteiger charge is 2.19. The third kappa shape index (κ3) is 2.55. The van der Waals surface area contributed by atoms with Crippen molar-refractivity contribution < 1.29 is 8.42 Å². The van der Waals surface area contributed by atoms with E-state index in [9.17, 15) is 8.42 Å². The Morgan fingerprint density at radius 1 is 1.44 bits per heavy atom. The van der Waals surface area contributed by atoms with E-state index in [1.165, 1.54) is 11.3 Å². The molecule has 2 rings (SSSR count). The summed E-state index contributed by atoms with van der Waals surface area (Å²) in [4.78, 5) is 0.932. The average Bonchev–Trinajstić information content (AvgIpc) is 2.85. The minimum Gasteiger partial charge on any atom is -0.374 e. The van der Waals surface area contributed by atoms with Gasteiger partial charge in [-0.2, -0.15) is 0 Å². The first kappa shape index (κ1) is 11.5. The standard InChI is InChI=1S/C7H8N4O2S3/c8-6-10-11-7(15-6)16(12,13)9-4-5-2-1-3-14-5/h1-3,9H,4H2,(H2,8,10). The molecule has 0 fully saturated rings. The van der Waals surface area contributed by atoms with Gasteiger partial charge in [-0.3, -0.25) is 0 Å². The van der Waals surface area contributed by atoms with E-state index in [4.69, 9.17) is 5.73 Å². The molecule has 0 aliphatic heterocycles. The first-order valence-electron chi connectivity index (χ1n) is 4.19. The first-order valence-corrected chi connectivity index (χ1v) is 7.37. The van der Waals surface area contributed by atoms with Crippen LogP contribution in [0.1, 0.15) is 4.88 Å². The van der Waals surface area contributed by atoms with Gasteiger partial charge >= 0.3 is 0 Å². The SMILES string of the molecule is Nc1nnc(S(=O)(=O)NCc2cccs2)s1. The van der Waals surface area contributed by atoms with E-state index in [0.29, 0.717) is 0 Å². The summed E-state index contributed by atoms with van der Waals surface area (Å²) in [7, 11) is -3.59. The van der Waals surface area contributed by atoms with Crippen molar-refractivity contribution in [1.82, 2.24) is 14.9 Å². The van der Waals surface area contributed by atoms with E-state index < -0.39 is 10.0 Å². The van der Waals surface area contributed by atoms with E-state index in [1.54, 1.807) is 0 Å². The van der Waals surface area contributed by atoms with Crippen LogP contribution >= 0.6 is 22.7 Å². The van der Waals surface area contributed by atoms with Crippen LogP contribution in [0, 0.1) is 0 Å². The minimum absolute atomic E-state index is 0.110. The van der Waals surface area contributed by atoms with Crippen molar-refractivity contribution in [3.8, 4) is 0 Å². The Balaban J connectivity index is 2.09. The van der Waals surface area contributed by atoms with Crippen LogP contribution in [0.25, 0.3) is 0 Å². The number of anilines is 1. The number of hydrogen-bond acceptors (Lipinski definition) is 7. The fraction of sp³-hybridized carbons (Fsp3) is 0.143. The number of hydrogen-bond donors (Lipinski definition) is 2. The molecule has 0 unspecified atom stereocenters. The predicted octanol–water partition coefficient (Wildman–Crippen LogP) is 0.660. The molecular formula is C7H8N4O2S3. The Hall–Kier alpha value is -1.03. The van der Waals surface area contributed by atoms with Gasteiger partial charge < -0.3 is 5.73 Å². The van der Waals surface area contributed by atoms with Gasteiger partial charge in [-0.05, 0) is 11.4 Å². The Morgan fingerprint density at radius 3 is 2.81 bits per heavy atom. The zero-order valence-corrected chi connectivity index (χ0v) is 10.4. The van der Waals surface area contributed by atoms with Crippen molar-refractivity contribution >= 4 is 37.8 Å². The number of nitrogens with two attached hydrogens (primary N) is 1. The van der Waals surface area contributed by atoms with Crippen molar-refractivity contribution in [2.24, 2.45) is 0 Å². The van der Waals surface area contributed by atoms with Gasteiger partial charge in [0.2, 0.25) is 9.47 Å². The molecule has 86 valence electrons. The second-order valence-electron chi connectivity index (χ2n) is 2.81. The van der Waals surface area contributed by atoms with Crippen LogP contribution in [-0.2, 0) is 16.6 Å². The lowest BCUT2D eigenvalue weighted by Gasteiger charge is -2.00. The molecule has 0 atom stereocenters. The number of rotatable bonds is 4. The van der Waals surface area contributed by atoms with Crippen LogP contribution in [0.5, 0.6) is 0 Å². The highest BCUT2D eigenvalue weighted by atomic mass is 32.2. The maximum absolute atomic E-state index is 11.7. The van der Waals surface area contributed by atoms with Crippen molar-refractivity contribution in [1.29, 1.82) is 0 Å². The monoisotopic (exact) mass is 276 g/mol.